The minimum atomic E-state index is -1.15. The summed E-state index contributed by atoms with van der Waals surface area (Å²) in [6, 6.07) is 26.3. The van der Waals surface area contributed by atoms with Crippen LogP contribution in [0.5, 0.6) is 11.5 Å². The lowest BCUT2D eigenvalue weighted by Gasteiger charge is -2.32. The molecule has 0 fully saturated rings. The summed E-state index contributed by atoms with van der Waals surface area (Å²) in [5.41, 5.74) is 2.80. The van der Waals surface area contributed by atoms with Gasteiger partial charge in [0, 0.05) is 34.3 Å². The largest absolute Gasteiger partial charge is 0.488 e. The van der Waals surface area contributed by atoms with Gasteiger partial charge in [0.25, 0.3) is 0 Å². The van der Waals surface area contributed by atoms with Gasteiger partial charge in [0.05, 0.1) is 0 Å². The van der Waals surface area contributed by atoms with Gasteiger partial charge in [-0.2, -0.15) is 0 Å². The van der Waals surface area contributed by atoms with Crippen molar-refractivity contribution in [1.29, 1.82) is 0 Å². The molecule has 0 spiro atoms. The molecule has 8 heteroatoms. The summed E-state index contributed by atoms with van der Waals surface area (Å²) < 4.78 is 11.7. The molecule has 2 unspecified atom stereocenters. The fraction of sp³-hybridized carbons (Fsp3) is 0.273. The number of aliphatic hydroxyl groups is 2. The van der Waals surface area contributed by atoms with Crippen molar-refractivity contribution in [3.8, 4) is 11.5 Å². The number of fused-ring (bicyclic) bond motifs is 4. The van der Waals surface area contributed by atoms with Gasteiger partial charge in [-0.05, 0) is 79.8 Å². The molecule has 0 aliphatic carbocycles. The SMILES string of the molecule is CN(C)CC1(O)c2ccc(Cl)cc2COc2ccccc21.CNCC1(O)c2cc(Cl)ccc2COc2ccccc21. The first-order valence-corrected chi connectivity index (χ1v) is 14.2. The second-order valence-corrected chi connectivity index (χ2v) is 11.5. The molecular weight excluding hydrogens is 559 g/mol. The Morgan fingerprint density at radius 2 is 1.27 bits per heavy atom. The third-order valence-electron chi connectivity index (χ3n) is 7.44. The second kappa shape index (κ2) is 12.0. The molecule has 3 N–H and O–H groups in total. The Kier molecular flexibility index (Phi) is 8.62. The lowest BCUT2D eigenvalue weighted by Crippen LogP contribution is -2.39. The fourth-order valence-corrected chi connectivity index (χ4v) is 6.06. The van der Waals surface area contributed by atoms with E-state index in [-0.39, 0.29) is 0 Å². The highest BCUT2D eigenvalue weighted by molar-refractivity contribution is 6.31. The van der Waals surface area contributed by atoms with Gasteiger partial charge >= 0.3 is 0 Å². The van der Waals surface area contributed by atoms with Gasteiger partial charge in [-0.1, -0.05) is 71.7 Å². The summed E-state index contributed by atoms with van der Waals surface area (Å²) >= 11 is 12.2. The number of likely N-dealkylation sites (N-methyl/N-ethyl adjacent to an activating group) is 2. The van der Waals surface area contributed by atoms with Gasteiger partial charge in [0.1, 0.15) is 35.9 Å². The van der Waals surface area contributed by atoms with Crippen molar-refractivity contribution in [2.75, 3.05) is 34.2 Å². The highest BCUT2D eigenvalue weighted by atomic mass is 35.5. The van der Waals surface area contributed by atoms with Gasteiger partial charge in [0.2, 0.25) is 0 Å². The standard InChI is InChI=1S/C17H18ClNO2.C16H16ClNO2/c1-19(2)11-17(20)14-8-7-13(18)9-12(14)10-21-16-6-4-3-5-15(16)17;1-18-10-16(19)13-4-2-3-5-15(13)20-9-11-6-7-12(17)8-14(11)16/h3-9,20H,10-11H2,1-2H3;2-8,18-19H,9-10H2,1H3. The van der Waals surface area contributed by atoms with Crippen LogP contribution in [0.1, 0.15) is 33.4 Å². The quantitative estimate of drug-likeness (QED) is 0.281. The Morgan fingerprint density at radius 3 is 1.90 bits per heavy atom. The van der Waals surface area contributed by atoms with Crippen LogP contribution < -0.4 is 14.8 Å². The summed E-state index contributed by atoms with van der Waals surface area (Å²) in [5, 5.41) is 27.0. The van der Waals surface area contributed by atoms with Gasteiger partial charge in [0.15, 0.2) is 0 Å². The molecule has 0 saturated heterocycles. The molecule has 4 aromatic rings. The minimum Gasteiger partial charge on any atom is -0.488 e. The Morgan fingerprint density at radius 1 is 0.707 bits per heavy atom. The number of rotatable bonds is 4. The smallest absolute Gasteiger partial charge is 0.131 e. The van der Waals surface area contributed by atoms with Crippen LogP contribution in [0.15, 0.2) is 84.9 Å². The molecule has 0 aromatic heterocycles. The predicted molar refractivity (Wildman–Crippen MR) is 163 cm³/mol. The van der Waals surface area contributed by atoms with Gasteiger partial charge in [-0.3, -0.25) is 0 Å². The van der Waals surface area contributed by atoms with E-state index in [2.05, 4.69) is 5.32 Å². The zero-order valence-corrected chi connectivity index (χ0v) is 24.8. The molecule has 2 heterocycles. The van der Waals surface area contributed by atoms with Crippen molar-refractivity contribution in [2.45, 2.75) is 24.4 Å². The van der Waals surface area contributed by atoms with Crippen LogP contribution in [-0.4, -0.2) is 49.3 Å². The summed E-state index contributed by atoms with van der Waals surface area (Å²) in [6.45, 7) is 1.70. The van der Waals surface area contributed by atoms with Crippen LogP contribution in [0.4, 0.5) is 0 Å². The molecule has 6 rings (SSSR count). The summed E-state index contributed by atoms with van der Waals surface area (Å²) in [6.07, 6.45) is 0. The van der Waals surface area contributed by atoms with Gasteiger partial charge in [-0.15, -0.1) is 0 Å². The van der Waals surface area contributed by atoms with Crippen molar-refractivity contribution in [3.05, 3.63) is 128 Å². The maximum absolute atomic E-state index is 11.5. The molecule has 2 atom stereocenters. The van der Waals surface area contributed by atoms with Crippen molar-refractivity contribution < 1.29 is 19.7 Å². The van der Waals surface area contributed by atoms with E-state index in [1.54, 1.807) is 0 Å². The zero-order valence-electron chi connectivity index (χ0n) is 23.3. The topological polar surface area (TPSA) is 74.2 Å². The van der Waals surface area contributed by atoms with Crippen LogP contribution >= 0.6 is 23.2 Å². The predicted octanol–water partition coefficient (Wildman–Crippen LogP) is 5.72. The lowest BCUT2D eigenvalue weighted by molar-refractivity contribution is 0.0508. The van der Waals surface area contributed by atoms with E-state index in [1.807, 2.05) is 111 Å². The van der Waals surface area contributed by atoms with E-state index in [0.717, 1.165) is 33.4 Å². The van der Waals surface area contributed by atoms with Crippen molar-refractivity contribution in [2.24, 2.45) is 0 Å². The molecule has 2 aliphatic rings. The van der Waals surface area contributed by atoms with Crippen LogP contribution in [0.2, 0.25) is 10.0 Å². The maximum Gasteiger partial charge on any atom is 0.131 e. The first-order valence-electron chi connectivity index (χ1n) is 13.4. The van der Waals surface area contributed by atoms with Gasteiger partial charge in [-0.25, -0.2) is 0 Å². The van der Waals surface area contributed by atoms with E-state index in [1.165, 1.54) is 0 Å². The summed E-state index contributed by atoms with van der Waals surface area (Å²) in [4.78, 5) is 1.97. The van der Waals surface area contributed by atoms with Crippen LogP contribution in [0.3, 0.4) is 0 Å². The second-order valence-electron chi connectivity index (χ2n) is 10.7. The molecule has 0 amide bonds. The number of nitrogens with one attached hydrogen (secondary N) is 1. The van der Waals surface area contributed by atoms with Crippen LogP contribution in [-0.2, 0) is 24.4 Å². The van der Waals surface area contributed by atoms with Gasteiger partial charge < -0.3 is 29.9 Å². The Balaban J connectivity index is 0.000000165. The van der Waals surface area contributed by atoms with E-state index >= 15 is 0 Å². The number of hydrogen-bond donors (Lipinski definition) is 3. The third kappa shape index (κ3) is 5.82. The van der Waals surface area contributed by atoms with E-state index < -0.39 is 11.2 Å². The molecule has 2 aliphatic heterocycles. The number of nitrogens with zero attached hydrogens (tertiary/aromatic N) is 1. The first-order chi connectivity index (χ1) is 19.7. The molecule has 0 bridgehead atoms. The van der Waals surface area contributed by atoms with Crippen molar-refractivity contribution in [3.63, 3.8) is 0 Å². The number of ether oxygens (including phenoxy) is 2. The number of halogens is 2. The average Bonchev–Trinajstić information content (AvgIpc) is 3.14. The minimum absolute atomic E-state index is 0.390. The maximum atomic E-state index is 11.5. The number of para-hydroxylation sites is 2. The third-order valence-corrected chi connectivity index (χ3v) is 7.91. The summed E-state index contributed by atoms with van der Waals surface area (Å²) in [5.74, 6) is 1.42. The molecule has 41 heavy (non-hydrogen) atoms. The normalized spacial score (nSPS) is 20.5. The molecule has 6 nitrogen and oxygen atoms in total. The first kappa shape index (κ1) is 29.4. The molecular formula is C33H34Cl2N2O4. The number of hydrogen-bond acceptors (Lipinski definition) is 6. The number of benzene rings is 4. The van der Waals surface area contributed by atoms with Crippen LogP contribution in [0, 0.1) is 0 Å². The highest BCUT2D eigenvalue weighted by Crippen LogP contribution is 2.42. The molecule has 4 aromatic carbocycles. The zero-order chi connectivity index (χ0) is 29.2. The Hall–Kier alpha value is -3.10. The van der Waals surface area contributed by atoms with E-state index in [4.69, 9.17) is 32.7 Å². The summed E-state index contributed by atoms with van der Waals surface area (Å²) in [7, 11) is 5.71. The Bertz CT molecular complexity index is 1550. The fourth-order valence-electron chi connectivity index (χ4n) is 5.69. The van der Waals surface area contributed by atoms with E-state index in [9.17, 15) is 10.2 Å². The molecule has 0 radical (unpaired) electrons. The van der Waals surface area contributed by atoms with Crippen LogP contribution in [0.25, 0.3) is 0 Å². The average molecular weight is 594 g/mol. The van der Waals surface area contributed by atoms with Crippen molar-refractivity contribution >= 4 is 23.2 Å². The molecule has 0 saturated carbocycles. The molecule has 214 valence electrons. The van der Waals surface area contributed by atoms with E-state index in [0.29, 0.717) is 47.8 Å². The lowest BCUT2D eigenvalue weighted by atomic mass is 9.83. The highest BCUT2D eigenvalue weighted by Gasteiger charge is 2.39. The monoisotopic (exact) mass is 592 g/mol. The Labute approximate surface area is 251 Å². The van der Waals surface area contributed by atoms with Crippen molar-refractivity contribution in [1.82, 2.24) is 10.2 Å².